The summed E-state index contributed by atoms with van der Waals surface area (Å²) in [5.74, 6) is 0. The maximum absolute atomic E-state index is 11.8. The average molecular weight is 268 g/mol. The molecule has 2 rings (SSSR count). The summed E-state index contributed by atoms with van der Waals surface area (Å²) in [5.41, 5.74) is 1.02. The summed E-state index contributed by atoms with van der Waals surface area (Å²) in [5, 5.41) is 0.699. The van der Waals surface area contributed by atoms with E-state index in [1.54, 1.807) is 4.90 Å². The molecule has 0 aromatic heterocycles. The molecular formula is C14H18ClNO2. The Morgan fingerprint density at radius 1 is 1.39 bits per heavy atom. The fourth-order valence-corrected chi connectivity index (χ4v) is 2.21. The molecule has 1 atom stereocenters. The quantitative estimate of drug-likeness (QED) is 0.824. The Balaban J connectivity index is 1.95. The fourth-order valence-electron chi connectivity index (χ4n) is 2.08. The van der Waals surface area contributed by atoms with Gasteiger partial charge in [-0.3, -0.25) is 0 Å². The van der Waals surface area contributed by atoms with Crippen molar-refractivity contribution in [2.45, 2.75) is 32.3 Å². The summed E-state index contributed by atoms with van der Waals surface area (Å²) in [7, 11) is 0. The Morgan fingerprint density at radius 3 is 2.72 bits per heavy atom. The largest absolute Gasteiger partial charge is 0.441 e. The molecule has 1 amide bonds. The molecular weight excluding hydrogens is 250 g/mol. The number of carbonyl (C=O) groups excluding carboxylic acids is 1. The van der Waals surface area contributed by atoms with Crippen LogP contribution in [0.2, 0.25) is 5.02 Å². The number of unbranched alkanes of at least 4 members (excludes halogenated alkanes) is 1. The molecule has 1 fully saturated rings. The van der Waals surface area contributed by atoms with Crippen molar-refractivity contribution >= 4 is 17.7 Å². The molecule has 0 aliphatic carbocycles. The lowest BCUT2D eigenvalue weighted by Crippen LogP contribution is -2.39. The number of carbonyl (C=O) groups is 1. The predicted molar refractivity (Wildman–Crippen MR) is 71.8 cm³/mol. The average Bonchev–Trinajstić information content (AvgIpc) is 2.38. The third kappa shape index (κ3) is 3.16. The molecule has 0 saturated carbocycles. The molecule has 1 unspecified atom stereocenters. The van der Waals surface area contributed by atoms with Gasteiger partial charge in [0.1, 0.15) is 6.10 Å². The minimum absolute atomic E-state index is 0.132. The lowest BCUT2D eigenvalue weighted by atomic mass is 10.1. The van der Waals surface area contributed by atoms with E-state index in [0.29, 0.717) is 5.02 Å². The maximum Gasteiger partial charge on any atom is 0.410 e. The first-order valence-electron chi connectivity index (χ1n) is 6.41. The van der Waals surface area contributed by atoms with Crippen LogP contribution in [-0.2, 0) is 4.74 Å². The van der Waals surface area contributed by atoms with E-state index in [9.17, 15) is 4.79 Å². The molecule has 4 heteroatoms. The van der Waals surface area contributed by atoms with Gasteiger partial charge >= 0.3 is 6.09 Å². The van der Waals surface area contributed by atoms with Gasteiger partial charge in [-0.15, -0.1) is 0 Å². The number of rotatable bonds is 4. The van der Waals surface area contributed by atoms with E-state index in [1.165, 1.54) is 0 Å². The first-order chi connectivity index (χ1) is 8.70. The normalized spacial score (nSPS) is 19.8. The van der Waals surface area contributed by atoms with Crippen molar-refractivity contribution in [2.24, 2.45) is 0 Å². The zero-order chi connectivity index (χ0) is 13.0. The van der Waals surface area contributed by atoms with Crippen LogP contribution < -0.4 is 0 Å². The maximum atomic E-state index is 11.8. The molecule has 1 heterocycles. The minimum Gasteiger partial charge on any atom is -0.441 e. The predicted octanol–water partition coefficient (Wildman–Crippen LogP) is 4.02. The van der Waals surface area contributed by atoms with Crippen LogP contribution in [0.15, 0.2) is 24.3 Å². The summed E-state index contributed by atoms with van der Waals surface area (Å²) in [6, 6.07) is 7.49. The van der Waals surface area contributed by atoms with E-state index < -0.39 is 0 Å². The molecule has 3 nitrogen and oxygen atoms in total. The SMILES string of the molecule is CCCCN1CCC(c2ccc(Cl)cc2)OC1=O. The Bertz CT molecular complexity index is 405. The molecule has 1 saturated heterocycles. The van der Waals surface area contributed by atoms with Gasteiger partial charge in [-0.2, -0.15) is 0 Å². The number of nitrogens with zero attached hydrogens (tertiary/aromatic N) is 1. The monoisotopic (exact) mass is 267 g/mol. The highest BCUT2D eigenvalue weighted by Crippen LogP contribution is 2.27. The van der Waals surface area contributed by atoms with E-state index in [2.05, 4.69) is 6.92 Å². The van der Waals surface area contributed by atoms with Gasteiger partial charge in [0.05, 0.1) is 0 Å². The van der Waals surface area contributed by atoms with Gasteiger partial charge in [-0.25, -0.2) is 4.79 Å². The summed E-state index contributed by atoms with van der Waals surface area (Å²) >= 11 is 5.84. The molecule has 1 aliphatic rings. The highest BCUT2D eigenvalue weighted by atomic mass is 35.5. The van der Waals surface area contributed by atoms with Gasteiger partial charge < -0.3 is 9.64 Å². The van der Waals surface area contributed by atoms with Crippen LogP contribution in [0.25, 0.3) is 0 Å². The molecule has 98 valence electrons. The van der Waals surface area contributed by atoms with Gasteiger partial charge in [0, 0.05) is 24.5 Å². The zero-order valence-corrected chi connectivity index (χ0v) is 11.3. The van der Waals surface area contributed by atoms with E-state index in [1.807, 2.05) is 24.3 Å². The molecule has 0 radical (unpaired) electrons. The number of halogens is 1. The van der Waals surface area contributed by atoms with Crippen LogP contribution >= 0.6 is 11.6 Å². The molecule has 1 aliphatic heterocycles. The minimum atomic E-state index is -0.199. The molecule has 0 bridgehead atoms. The first kappa shape index (κ1) is 13.2. The number of hydrogen-bond acceptors (Lipinski definition) is 2. The van der Waals surface area contributed by atoms with Crippen LogP contribution in [0.4, 0.5) is 4.79 Å². The van der Waals surface area contributed by atoms with Crippen LogP contribution in [0.5, 0.6) is 0 Å². The number of cyclic esters (lactones) is 1. The van der Waals surface area contributed by atoms with Crippen LogP contribution in [0.3, 0.4) is 0 Å². The third-order valence-corrected chi connectivity index (χ3v) is 3.44. The number of amides is 1. The Hall–Kier alpha value is -1.22. The lowest BCUT2D eigenvalue weighted by molar-refractivity contribution is 0.0239. The zero-order valence-electron chi connectivity index (χ0n) is 10.6. The topological polar surface area (TPSA) is 29.5 Å². The second-order valence-electron chi connectivity index (χ2n) is 4.55. The van der Waals surface area contributed by atoms with E-state index in [-0.39, 0.29) is 12.2 Å². The Labute approximate surface area is 113 Å². The second-order valence-corrected chi connectivity index (χ2v) is 4.99. The first-order valence-corrected chi connectivity index (χ1v) is 6.79. The van der Waals surface area contributed by atoms with Gasteiger partial charge in [0.15, 0.2) is 0 Å². The van der Waals surface area contributed by atoms with Crippen LogP contribution in [-0.4, -0.2) is 24.1 Å². The number of benzene rings is 1. The van der Waals surface area contributed by atoms with Gasteiger partial charge in [-0.05, 0) is 24.1 Å². The second kappa shape index (κ2) is 6.10. The summed E-state index contributed by atoms with van der Waals surface area (Å²) in [4.78, 5) is 13.6. The fraction of sp³-hybridized carbons (Fsp3) is 0.500. The lowest BCUT2D eigenvalue weighted by Gasteiger charge is -2.32. The smallest absolute Gasteiger partial charge is 0.410 e. The Morgan fingerprint density at radius 2 is 2.11 bits per heavy atom. The molecule has 1 aromatic rings. The van der Waals surface area contributed by atoms with Crippen molar-refractivity contribution in [3.05, 3.63) is 34.9 Å². The highest BCUT2D eigenvalue weighted by molar-refractivity contribution is 6.30. The number of hydrogen-bond donors (Lipinski definition) is 0. The molecule has 18 heavy (non-hydrogen) atoms. The van der Waals surface area contributed by atoms with Crippen molar-refractivity contribution in [1.82, 2.24) is 4.90 Å². The standard InChI is InChI=1S/C14H18ClNO2/c1-2-3-9-16-10-8-13(18-14(16)17)11-4-6-12(15)7-5-11/h4-7,13H,2-3,8-10H2,1H3. The summed E-state index contributed by atoms with van der Waals surface area (Å²) < 4.78 is 5.47. The highest BCUT2D eigenvalue weighted by Gasteiger charge is 2.27. The van der Waals surface area contributed by atoms with Gasteiger partial charge in [0.2, 0.25) is 0 Å². The number of ether oxygens (including phenoxy) is 1. The Kier molecular flexibility index (Phi) is 4.48. The molecule has 0 N–H and O–H groups in total. The van der Waals surface area contributed by atoms with Crippen molar-refractivity contribution in [2.75, 3.05) is 13.1 Å². The van der Waals surface area contributed by atoms with Gasteiger partial charge in [-0.1, -0.05) is 37.1 Å². The van der Waals surface area contributed by atoms with Crippen molar-refractivity contribution in [1.29, 1.82) is 0 Å². The van der Waals surface area contributed by atoms with E-state index in [4.69, 9.17) is 16.3 Å². The van der Waals surface area contributed by atoms with E-state index in [0.717, 1.165) is 37.9 Å². The molecule has 0 spiro atoms. The van der Waals surface area contributed by atoms with Gasteiger partial charge in [0.25, 0.3) is 0 Å². The van der Waals surface area contributed by atoms with Crippen LogP contribution in [0, 0.1) is 0 Å². The summed E-state index contributed by atoms with van der Waals surface area (Å²) in [6.07, 6.45) is 2.63. The van der Waals surface area contributed by atoms with E-state index >= 15 is 0 Å². The third-order valence-electron chi connectivity index (χ3n) is 3.19. The van der Waals surface area contributed by atoms with Crippen molar-refractivity contribution < 1.29 is 9.53 Å². The molecule has 1 aromatic carbocycles. The van der Waals surface area contributed by atoms with Crippen molar-refractivity contribution in [3.8, 4) is 0 Å². The summed E-state index contributed by atoms with van der Waals surface area (Å²) in [6.45, 7) is 3.68. The van der Waals surface area contributed by atoms with Crippen LogP contribution in [0.1, 0.15) is 37.9 Å². The van der Waals surface area contributed by atoms with Crippen molar-refractivity contribution in [3.63, 3.8) is 0 Å².